The van der Waals surface area contributed by atoms with Gasteiger partial charge >= 0.3 is 6.09 Å². The number of aromatic hydroxyl groups is 1. The molecule has 1 aromatic heterocycles. The molecule has 2 aromatic rings. The van der Waals surface area contributed by atoms with E-state index in [0.29, 0.717) is 24.1 Å². The third-order valence-electron chi connectivity index (χ3n) is 5.51. The molecule has 3 atom stereocenters. The molecule has 0 spiro atoms. The van der Waals surface area contributed by atoms with Crippen molar-refractivity contribution in [3.63, 3.8) is 0 Å². The van der Waals surface area contributed by atoms with Gasteiger partial charge in [-0.3, -0.25) is 14.7 Å². The molecule has 1 unspecified atom stereocenters. The van der Waals surface area contributed by atoms with Crippen molar-refractivity contribution in [3.05, 3.63) is 41.1 Å². The van der Waals surface area contributed by atoms with Gasteiger partial charge in [-0.25, -0.2) is 4.79 Å². The van der Waals surface area contributed by atoms with Crippen molar-refractivity contribution in [2.75, 3.05) is 11.9 Å². The fourth-order valence-electron chi connectivity index (χ4n) is 3.88. The Morgan fingerprint density at radius 3 is 2.82 bits per heavy atom. The lowest BCUT2D eigenvalue weighted by molar-refractivity contribution is -0.122. The quantitative estimate of drug-likeness (QED) is 0.422. The normalized spacial score (nSPS) is 18.7. The maximum Gasteiger partial charge on any atom is 0.407 e. The van der Waals surface area contributed by atoms with Crippen LogP contribution in [0.5, 0.6) is 5.75 Å². The minimum Gasteiger partial charge on any atom is -0.507 e. The average Bonchev–Trinajstić information content (AvgIpc) is 3.40. The van der Waals surface area contributed by atoms with Gasteiger partial charge in [-0.15, -0.1) is 0 Å². The number of amides is 2. The molecule has 1 heterocycles. The molecule has 10 heteroatoms. The maximum absolute atomic E-state index is 12.3. The largest absolute Gasteiger partial charge is 0.507 e. The van der Waals surface area contributed by atoms with Crippen LogP contribution in [-0.2, 0) is 14.3 Å². The summed E-state index contributed by atoms with van der Waals surface area (Å²) in [6, 6.07) is 6.48. The van der Waals surface area contributed by atoms with Gasteiger partial charge in [-0.2, -0.15) is 5.10 Å². The third-order valence-corrected chi connectivity index (χ3v) is 5.51. The standard InChI is InChI=1S/C23H30N4O6/c1-13(2)24-23(31)33-16-8-7-15(9-16)19-10-21(27-26-19)25-22(30)12-32-14(3)17-5-4-6-20(29)18(17)11-28/h4-6,10-11,13-16,29H,7-9,12H2,1-3H3,(H,24,31)(H2,25,26,27,30)/t14?,15-,16+/m0/s1. The van der Waals surface area contributed by atoms with Gasteiger partial charge in [0.1, 0.15) is 18.5 Å². The Hall–Kier alpha value is -3.40. The molecule has 0 aliphatic heterocycles. The second kappa shape index (κ2) is 11.0. The van der Waals surface area contributed by atoms with Crippen molar-refractivity contribution < 1.29 is 29.0 Å². The first-order valence-corrected chi connectivity index (χ1v) is 11.0. The van der Waals surface area contributed by atoms with Crippen LogP contribution >= 0.6 is 0 Å². The zero-order valence-electron chi connectivity index (χ0n) is 19.0. The molecule has 33 heavy (non-hydrogen) atoms. The first-order valence-electron chi connectivity index (χ1n) is 11.0. The van der Waals surface area contributed by atoms with Crippen molar-refractivity contribution in [1.82, 2.24) is 15.5 Å². The Bertz CT molecular complexity index is 989. The number of rotatable bonds is 9. The predicted octanol–water partition coefficient (Wildman–Crippen LogP) is 3.41. The second-order valence-electron chi connectivity index (χ2n) is 8.44. The van der Waals surface area contributed by atoms with Gasteiger partial charge in [0.15, 0.2) is 12.1 Å². The maximum atomic E-state index is 12.3. The summed E-state index contributed by atoms with van der Waals surface area (Å²) in [4.78, 5) is 35.3. The molecule has 0 bridgehead atoms. The molecule has 2 amide bonds. The summed E-state index contributed by atoms with van der Waals surface area (Å²) in [5.74, 6) is 0.000142. The lowest BCUT2D eigenvalue weighted by atomic mass is 10.0. The van der Waals surface area contributed by atoms with Crippen molar-refractivity contribution in [1.29, 1.82) is 0 Å². The Labute approximate surface area is 192 Å². The summed E-state index contributed by atoms with van der Waals surface area (Å²) in [5.41, 5.74) is 1.51. The van der Waals surface area contributed by atoms with E-state index in [1.54, 1.807) is 25.1 Å². The number of nitrogens with zero attached hydrogens (tertiary/aromatic N) is 1. The Morgan fingerprint density at radius 1 is 1.30 bits per heavy atom. The van der Waals surface area contributed by atoms with Crippen LogP contribution in [-0.4, -0.2) is 52.3 Å². The van der Waals surface area contributed by atoms with E-state index in [-0.39, 0.29) is 36.0 Å². The van der Waals surface area contributed by atoms with Gasteiger partial charge in [0, 0.05) is 23.7 Å². The van der Waals surface area contributed by atoms with Crippen LogP contribution in [0.15, 0.2) is 24.3 Å². The third kappa shape index (κ3) is 6.55. The molecule has 1 aromatic carbocycles. The first-order chi connectivity index (χ1) is 15.8. The van der Waals surface area contributed by atoms with Gasteiger partial charge in [-0.05, 0) is 51.7 Å². The van der Waals surface area contributed by atoms with Crippen LogP contribution in [0.4, 0.5) is 10.6 Å². The van der Waals surface area contributed by atoms with Gasteiger partial charge in [0.25, 0.3) is 5.91 Å². The number of carbonyl (C=O) groups is 3. The van der Waals surface area contributed by atoms with Crippen LogP contribution in [0.1, 0.15) is 73.7 Å². The van der Waals surface area contributed by atoms with E-state index in [2.05, 4.69) is 20.8 Å². The number of carbonyl (C=O) groups excluding carboxylic acids is 3. The number of phenols is 1. The zero-order valence-corrected chi connectivity index (χ0v) is 19.0. The van der Waals surface area contributed by atoms with E-state index in [1.165, 1.54) is 6.07 Å². The van der Waals surface area contributed by atoms with Crippen LogP contribution in [0.2, 0.25) is 0 Å². The number of H-pyrrole nitrogens is 1. The number of anilines is 1. The van der Waals surface area contributed by atoms with E-state index in [1.807, 2.05) is 13.8 Å². The molecule has 178 valence electrons. The number of alkyl carbamates (subject to hydrolysis) is 1. The van der Waals surface area contributed by atoms with Crippen molar-refractivity contribution in [3.8, 4) is 5.75 Å². The fraction of sp³-hybridized carbons (Fsp3) is 0.478. The van der Waals surface area contributed by atoms with Gasteiger partial charge < -0.3 is 25.2 Å². The summed E-state index contributed by atoms with van der Waals surface area (Å²) in [7, 11) is 0. The molecule has 0 saturated heterocycles. The smallest absolute Gasteiger partial charge is 0.407 e. The summed E-state index contributed by atoms with van der Waals surface area (Å²) in [5, 5.41) is 22.3. The van der Waals surface area contributed by atoms with E-state index in [4.69, 9.17) is 9.47 Å². The predicted molar refractivity (Wildman–Crippen MR) is 120 cm³/mol. The molecule has 4 N–H and O–H groups in total. The number of hydrogen-bond donors (Lipinski definition) is 4. The zero-order chi connectivity index (χ0) is 24.0. The molecular formula is C23H30N4O6. The SMILES string of the molecule is CC(C)NC(=O)O[C@@H]1CC[C@H](c2cc(NC(=O)COC(C)c3cccc(O)c3C=O)n[nH]2)C1. The lowest BCUT2D eigenvalue weighted by Gasteiger charge is -2.15. The number of aromatic nitrogens is 2. The van der Waals surface area contributed by atoms with Crippen LogP contribution in [0.3, 0.4) is 0 Å². The van der Waals surface area contributed by atoms with E-state index < -0.39 is 18.1 Å². The van der Waals surface area contributed by atoms with Gasteiger partial charge in [0.05, 0.1) is 11.7 Å². The fourth-order valence-corrected chi connectivity index (χ4v) is 3.88. The minimum absolute atomic E-state index is 0.0207. The molecule has 1 fully saturated rings. The van der Waals surface area contributed by atoms with Crippen molar-refractivity contribution in [2.45, 2.75) is 64.2 Å². The number of phenolic OH excluding ortho intramolecular Hbond substituents is 1. The summed E-state index contributed by atoms with van der Waals surface area (Å²) in [6.07, 6.45) is 1.73. The number of aldehydes is 1. The highest BCUT2D eigenvalue weighted by Crippen LogP contribution is 2.35. The highest BCUT2D eigenvalue weighted by molar-refractivity contribution is 5.90. The van der Waals surface area contributed by atoms with E-state index >= 15 is 0 Å². The molecule has 1 saturated carbocycles. The molecule has 1 aliphatic rings. The summed E-state index contributed by atoms with van der Waals surface area (Å²) >= 11 is 0. The molecule has 10 nitrogen and oxygen atoms in total. The summed E-state index contributed by atoms with van der Waals surface area (Å²) < 4.78 is 11.0. The molecular weight excluding hydrogens is 428 g/mol. The van der Waals surface area contributed by atoms with E-state index in [0.717, 1.165) is 18.5 Å². The van der Waals surface area contributed by atoms with Crippen LogP contribution in [0.25, 0.3) is 0 Å². The van der Waals surface area contributed by atoms with Crippen molar-refractivity contribution >= 4 is 24.1 Å². The van der Waals surface area contributed by atoms with Gasteiger partial charge in [0.2, 0.25) is 0 Å². The van der Waals surface area contributed by atoms with Gasteiger partial charge in [-0.1, -0.05) is 12.1 Å². The summed E-state index contributed by atoms with van der Waals surface area (Å²) in [6.45, 7) is 5.20. The first kappa shape index (κ1) is 24.2. The Balaban J connectivity index is 1.48. The minimum atomic E-state index is -0.568. The van der Waals surface area contributed by atoms with Crippen LogP contribution in [0, 0.1) is 0 Å². The number of ether oxygens (including phenoxy) is 2. The topological polar surface area (TPSA) is 143 Å². The monoisotopic (exact) mass is 458 g/mol. The highest BCUT2D eigenvalue weighted by atomic mass is 16.6. The van der Waals surface area contributed by atoms with Crippen LogP contribution < -0.4 is 10.6 Å². The molecule has 1 aliphatic carbocycles. The molecule has 0 radical (unpaired) electrons. The van der Waals surface area contributed by atoms with E-state index in [9.17, 15) is 19.5 Å². The number of aromatic amines is 1. The molecule has 3 rings (SSSR count). The highest BCUT2D eigenvalue weighted by Gasteiger charge is 2.30. The second-order valence-corrected chi connectivity index (χ2v) is 8.44. The number of hydrogen-bond acceptors (Lipinski definition) is 7. The average molecular weight is 459 g/mol. The van der Waals surface area contributed by atoms with Crippen molar-refractivity contribution in [2.24, 2.45) is 0 Å². The Morgan fingerprint density at radius 2 is 2.09 bits per heavy atom. The number of benzene rings is 1. The lowest BCUT2D eigenvalue weighted by Crippen LogP contribution is -2.33. The number of nitrogens with one attached hydrogen (secondary N) is 3. The Kier molecular flexibility index (Phi) is 8.05.